The number of carbonyl (C=O) groups is 1. The molecule has 0 radical (unpaired) electrons. The van der Waals surface area contributed by atoms with Gasteiger partial charge >= 0.3 is 10.8 Å². The van der Waals surface area contributed by atoms with Crippen LogP contribution in [0.4, 0.5) is 5.69 Å². The van der Waals surface area contributed by atoms with Gasteiger partial charge in [-0.1, -0.05) is 53.4 Å². The zero-order valence-corrected chi connectivity index (χ0v) is 15.8. The number of thiazole rings is 1. The number of carbonyl (C=O) groups excluding carboxylic acids is 1. The van der Waals surface area contributed by atoms with E-state index in [9.17, 15) is 19.7 Å². The van der Waals surface area contributed by atoms with Crippen molar-refractivity contribution in [3.05, 3.63) is 84.3 Å². The molecule has 2 aliphatic rings. The summed E-state index contributed by atoms with van der Waals surface area (Å²) in [7, 11) is 0. The highest BCUT2D eigenvalue weighted by atomic mass is 32.2. The van der Waals surface area contributed by atoms with Crippen LogP contribution in [0.2, 0.25) is 0 Å². The van der Waals surface area contributed by atoms with E-state index in [-0.39, 0.29) is 21.8 Å². The number of non-ortho nitro benzene ring substituents is 1. The molecule has 140 valence electrons. The molecule has 28 heavy (non-hydrogen) atoms. The van der Waals surface area contributed by atoms with E-state index in [1.54, 1.807) is 0 Å². The number of ether oxygens (including phenoxy) is 1. The molecule has 0 unspecified atom stereocenters. The Balaban J connectivity index is 1.75. The third kappa shape index (κ3) is 2.58. The molecule has 3 aromatic rings. The first kappa shape index (κ1) is 17.2. The Bertz CT molecular complexity index is 1170. The van der Waals surface area contributed by atoms with Crippen LogP contribution in [0.3, 0.4) is 0 Å². The van der Waals surface area contributed by atoms with E-state index in [0.29, 0.717) is 16.3 Å². The number of H-pyrrole nitrogens is 1. The van der Waals surface area contributed by atoms with Gasteiger partial charge in [-0.3, -0.25) is 19.7 Å². The monoisotopic (exact) mass is 412 g/mol. The molecular formula is C19H12N2O5S2. The Labute approximate surface area is 166 Å². The number of rotatable bonds is 2. The topological polar surface area (TPSA) is 102 Å². The summed E-state index contributed by atoms with van der Waals surface area (Å²) in [5, 5.41) is 11.7. The van der Waals surface area contributed by atoms with Crippen LogP contribution in [0.5, 0.6) is 5.75 Å². The van der Waals surface area contributed by atoms with Gasteiger partial charge in [-0.2, -0.15) is 0 Å². The average molecular weight is 412 g/mol. The Morgan fingerprint density at radius 1 is 1.11 bits per heavy atom. The fraction of sp³-hybridized carbons (Fsp3) is 0.158. The molecule has 3 atom stereocenters. The molecule has 3 heterocycles. The van der Waals surface area contributed by atoms with Gasteiger partial charge in [0.15, 0.2) is 0 Å². The highest BCUT2D eigenvalue weighted by Crippen LogP contribution is 2.58. The second-order valence-corrected chi connectivity index (χ2v) is 8.73. The van der Waals surface area contributed by atoms with Gasteiger partial charge in [0.25, 0.3) is 5.69 Å². The summed E-state index contributed by atoms with van der Waals surface area (Å²) < 4.78 is 5.55. The van der Waals surface area contributed by atoms with Crippen molar-refractivity contribution >= 4 is 34.8 Å². The second-order valence-electron chi connectivity index (χ2n) is 6.56. The van der Waals surface area contributed by atoms with Crippen LogP contribution >= 0.6 is 23.1 Å². The van der Waals surface area contributed by atoms with Gasteiger partial charge in [-0.15, -0.1) is 0 Å². The molecule has 7 nitrogen and oxygen atoms in total. The van der Waals surface area contributed by atoms with Crippen molar-refractivity contribution in [2.24, 2.45) is 5.92 Å². The molecule has 2 aliphatic heterocycles. The Hall–Kier alpha value is -2.91. The van der Waals surface area contributed by atoms with Gasteiger partial charge in [0.2, 0.25) is 0 Å². The number of hydrogen-bond donors (Lipinski definition) is 1. The van der Waals surface area contributed by atoms with Gasteiger partial charge in [0.1, 0.15) is 5.75 Å². The molecule has 9 heteroatoms. The van der Waals surface area contributed by atoms with E-state index >= 15 is 0 Å². The van der Waals surface area contributed by atoms with E-state index in [1.807, 2.05) is 30.3 Å². The first-order valence-corrected chi connectivity index (χ1v) is 10.2. The Morgan fingerprint density at radius 2 is 1.89 bits per heavy atom. The number of fused-ring (bicyclic) bond motifs is 5. The molecule has 0 bridgehead atoms. The van der Waals surface area contributed by atoms with E-state index < -0.39 is 16.8 Å². The molecule has 2 aromatic carbocycles. The van der Waals surface area contributed by atoms with E-state index in [4.69, 9.17) is 4.74 Å². The lowest BCUT2D eigenvalue weighted by Gasteiger charge is -2.39. The van der Waals surface area contributed by atoms with Crippen LogP contribution in [0.15, 0.2) is 58.4 Å². The third-order valence-corrected chi connectivity index (χ3v) is 7.48. The fourth-order valence-corrected chi connectivity index (χ4v) is 6.42. The van der Waals surface area contributed by atoms with E-state index in [0.717, 1.165) is 21.8 Å². The number of nitro benzene ring substituents is 1. The van der Waals surface area contributed by atoms with Gasteiger partial charge in [0, 0.05) is 28.5 Å². The maximum atomic E-state index is 13.0. The number of nitrogens with zero attached hydrogens (tertiary/aromatic N) is 1. The summed E-state index contributed by atoms with van der Waals surface area (Å²) in [5.41, 5.74) is 1.43. The average Bonchev–Trinajstić information content (AvgIpc) is 3.07. The molecule has 1 N–H and O–H groups in total. The number of aromatic nitrogens is 1. The summed E-state index contributed by atoms with van der Waals surface area (Å²) in [6.07, 6.45) is 0. The highest BCUT2D eigenvalue weighted by molar-refractivity contribution is 7.99. The maximum absolute atomic E-state index is 13.0. The zero-order valence-electron chi connectivity index (χ0n) is 14.2. The number of aromatic amines is 1. The Morgan fingerprint density at radius 3 is 2.64 bits per heavy atom. The number of nitrogens with one attached hydrogen (secondary N) is 1. The number of esters is 1. The first-order valence-electron chi connectivity index (χ1n) is 8.47. The minimum atomic E-state index is -0.583. The molecule has 0 aliphatic carbocycles. The molecule has 5 rings (SSSR count). The van der Waals surface area contributed by atoms with E-state index in [1.165, 1.54) is 30.0 Å². The summed E-state index contributed by atoms with van der Waals surface area (Å²) in [5.74, 6) is -1.14. The largest absolute Gasteiger partial charge is 0.426 e. The molecule has 0 saturated heterocycles. The van der Waals surface area contributed by atoms with Crippen LogP contribution in [0.25, 0.3) is 0 Å². The van der Waals surface area contributed by atoms with Crippen molar-refractivity contribution in [1.82, 2.24) is 4.98 Å². The van der Waals surface area contributed by atoms with Gasteiger partial charge < -0.3 is 9.72 Å². The van der Waals surface area contributed by atoms with Crippen molar-refractivity contribution in [3.8, 4) is 5.75 Å². The highest BCUT2D eigenvalue weighted by Gasteiger charge is 2.49. The summed E-state index contributed by atoms with van der Waals surface area (Å²) >= 11 is 2.47. The first-order chi connectivity index (χ1) is 13.5. The zero-order chi connectivity index (χ0) is 19.4. The molecule has 0 saturated carbocycles. The smallest absolute Gasteiger partial charge is 0.316 e. The van der Waals surface area contributed by atoms with Crippen LogP contribution in [-0.2, 0) is 4.79 Å². The van der Waals surface area contributed by atoms with Crippen molar-refractivity contribution in [2.45, 2.75) is 16.2 Å². The lowest BCUT2D eigenvalue weighted by Crippen LogP contribution is -2.37. The van der Waals surface area contributed by atoms with Gasteiger partial charge in [-0.05, 0) is 11.6 Å². The maximum Gasteiger partial charge on any atom is 0.316 e. The van der Waals surface area contributed by atoms with E-state index in [2.05, 4.69) is 4.98 Å². The predicted octanol–water partition coefficient (Wildman–Crippen LogP) is 3.86. The van der Waals surface area contributed by atoms with Crippen molar-refractivity contribution in [2.75, 3.05) is 0 Å². The lowest BCUT2D eigenvalue weighted by atomic mass is 9.78. The van der Waals surface area contributed by atoms with Crippen molar-refractivity contribution in [3.63, 3.8) is 0 Å². The fourth-order valence-electron chi connectivity index (χ4n) is 3.83. The summed E-state index contributed by atoms with van der Waals surface area (Å²) in [6, 6.07) is 13.8. The quantitative estimate of drug-likeness (QED) is 0.297. The van der Waals surface area contributed by atoms with Crippen LogP contribution in [0.1, 0.15) is 27.2 Å². The molecular weight excluding hydrogens is 400 g/mol. The number of benzene rings is 2. The second kappa shape index (κ2) is 6.32. The SMILES string of the molecule is O=C1Oc2ccc([N+](=O)[O-])cc2[C@@H]2c3sc(=O)[nH]c3S[C@@H](c3ccccc3)[C@H]12. The number of hydrogen-bond acceptors (Lipinski definition) is 7. The Kier molecular flexibility index (Phi) is 3.88. The molecule has 1 aromatic heterocycles. The van der Waals surface area contributed by atoms with Crippen LogP contribution < -0.4 is 9.61 Å². The lowest BCUT2D eigenvalue weighted by molar-refractivity contribution is -0.385. The summed E-state index contributed by atoms with van der Waals surface area (Å²) in [4.78, 5) is 39.2. The minimum Gasteiger partial charge on any atom is -0.426 e. The van der Waals surface area contributed by atoms with Gasteiger partial charge in [0.05, 0.1) is 21.1 Å². The normalized spacial score (nSPS) is 22.6. The van der Waals surface area contributed by atoms with Crippen LogP contribution in [0, 0.1) is 16.0 Å². The summed E-state index contributed by atoms with van der Waals surface area (Å²) in [6.45, 7) is 0. The minimum absolute atomic E-state index is 0.0747. The number of thioether (sulfide) groups is 1. The molecule has 0 amide bonds. The molecule has 0 spiro atoms. The predicted molar refractivity (Wildman–Crippen MR) is 104 cm³/mol. The van der Waals surface area contributed by atoms with Crippen molar-refractivity contribution < 1.29 is 14.5 Å². The van der Waals surface area contributed by atoms with Crippen LogP contribution in [-0.4, -0.2) is 15.9 Å². The third-order valence-electron chi connectivity index (χ3n) is 5.00. The van der Waals surface area contributed by atoms with Gasteiger partial charge in [-0.25, -0.2) is 0 Å². The number of nitro groups is 1. The standard InChI is InChI=1S/C19H12N2O5S2/c22-18-14-13(11-8-10(21(24)25)6-7-12(11)26-18)16-17(20-19(23)28-16)27-15(14)9-4-2-1-3-5-9/h1-8,13-15H,(H,20,23)/t13-,14+,15-/m0/s1. The van der Waals surface area contributed by atoms with Crippen molar-refractivity contribution in [1.29, 1.82) is 0 Å². The molecule has 0 fully saturated rings.